The molecule has 1 atom stereocenters. The first-order valence-electron chi connectivity index (χ1n) is 10.6. The first-order valence-corrected chi connectivity index (χ1v) is 10.6. The average Bonchev–Trinajstić information content (AvgIpc) is 3.27. The molecule has 0 amide bonds. The molecule has 6 heteroatoms. The van der Waals surface area contributed by atoms with Crippen LogP contribution in [0.1, 0.15) is 31.0 Å². The number of aromatic nitrogens is 3. The molecule has 1 aliphatic rings. The van der Waals surface area contributed by atoms with Crippen molar-refractivity contribution in [1.29, 1.82) is 0 Å². The number of benzene rings is 1. The second-order valence-electron chi connectivity index (χ2n) is 8.14. The second-order valence-corrected chi connectivity index (χ2v) is 8.14. The number of likely N-dealkylation sites (N-methyl/N-ethyl adjacent to an activating group) is 1. The fraction of sp³-hybridized carbons (Fsp3) is 0.478. The van der Waals surface area contributed by atoms with E-state index in [1.807, 2.05) is 26.4 Å². The normalized spacial score (nSPS) is 17.6. The Balaban J connectivity index is 1.59. The predicted molar refractivity (Wildman–Crippen MR) is 117 cm³/mol. The summed E-state index contributed by atoms with van der Waals surface area (Å²) < 4.78 is 3.44. The van der Waals surface area contributed by atoms with E-state index in [1.165, 1.54) is 24.9 Å². The highest BCUT2D eigenvalue weighted by atomic mass is 16.1. The molecular weight excluding hydrogens is 362 g/mol. The van der Waals surface area contributed by atoms with Crippen LogP contribution in [0.25, 0.3) is 11.0 Å². The van der Waals surface area contributed by atoms with Crippen molar-refractivity contribution in [3.63, 3.8) is 0 Å². The van der Waals surface area contributed by atoms with E-state index in [0.29, 0.717) is 6.04 Å². The average molecular weight is 394 g/mol. The van der Waals surface area contributed by atoms with Crippen molar-refractivity contribution in [2.45, 2.75) is 38.9 Å². The number of rotatable bonds is 7. The minimum absolute atomic E-state index is 0.0204. The minimum atomic E-state index is 0.0204. The summed E-state index contributed by atoms with van der Waals surface area (Å²) in [6.07, 6.45) is 4.42. The van der Waals surface area contributed by atoms with Crippen molar-refractivity contribution in [1.82, 2.24) is 23.9 Å². The molecule has 1 unspecified atom stereocenters. The fourth-order valence-electron chi connectivity index (χ4n) is 4.63. The Kier molecular flexibility index (Phi) is 5.83. The van der Waals surface area contributed by atoms with Gasteiger partial charge in [0.25, 0.3) is 0 Å². The largest absolute Gasteiger partial charge is 0.328 e. The molecule has 1 aliphatic heterocycles. The number of aryl methyl sites for hydroxylation is 2. The number of nitrogens with zero attached hydrogens (tertiary/aromatic N) is 5. The zero-order valence-electron chi connectivity index (χ0n) is 17.7. The van der Waals surface area contributed by atoms with Crippen LogP contribution in [0, 0.1) is 0 Å². The summed E-state index contributed by atoms with van der Waals surface area (Å²) >= 11 is 0. The standard InChI is InChI=1S/C23H31N5O/c1-4-28-13-7-9-20(28)17-27(16-19-8-5-6-12-24-19)15-18-10-11-21-22(14-18)26(3)23(29)25(21)2/h5-6,8,10-12,14,20H,4,7,9,13,15-17H2,1-3H3. The van der Waals surface area contributed by atoms with E-state index < -0.39 is 0 Å². The summed E-state index contributed by atoms with van der Waals surface area (Å²) in [6.45, 7) is 7.29. The van der Waals surface area contributed by atoms with Gasteiger partial charge in [-0.15, -0.1) is 0 Å². The van der Waals surface area contributed by atoms with Gasteiger partial charge in [-0.1, -0.05) is 19.1 Å². The van der Waals surface area contributed by atoms with Crippen molar-refractivity contribution in [3.05, 3.63) is 64.3 Å². The minimum Gasteiger partial charge on any atom is -0.299 e. The van der Waals surface area contributed by atoms with Crippen LogP contribution < -0.4 is 5.69 Å². The van der Waals surface area contributed by atoms with Crippen LogP contribution in [0.2, 0.25) is 0 Å². The summed E-state index contributed by atoms with van der Waals surface area (Å²) in [5, 5.41) is 0. The number of fused-ring (bicyclic) bond motifs is 1. The predicted octanol–water partition coefficient (Wildman–Crippen LogP) is 2.76. The molecule has 0 N–H and O–H groups in total. The monoisotopic (exact) mass is 393 g/mol. The van der Waals surface area contributed by atoms with Gasteiger partial charge in [0.2, 0.25) is 0 Å². The molecule has 4 rings (SSSR count). The van der Waals surface area contributed by atoms with Crippen LogP contribution in [-0.2, 0) is 27.2 Å². The third-order valence-electron chi connectivity index (χ3n) is 6.23. The lowest BCUT2D eigenvalue weighted by Crippen LogP contribution is -2.39. The highest BCUT2D eigenvalue weighted by Gasteiger charge is 2.25. The zero-order valence-corrected chi connectivity index (χ0v) is 17.7. The van der Waals surface area contributed by atoms with Crippen LogP contribution in [-0.4, -0.2) is 49.6 Å². The molecule has 6 nitrogen and oxygen atoms in total. The first kappa shape index (κ1) is 19.9. The molecule has 0 saturated carbocycles. The summed E-state index contributed by atoms with van der Waals surface area (Å²) in [5.41, 5.74) is 4.32. The second kappa shape index (κ2) is 8.51. The molecule has 1 aromatic carbocycles. The topological polar surface area (TPSA) is 46.3 Å². The van der Waals surface area contributed by atoms with E-state index in [-0.39, 0.29) is 5.69 Å². The smallest absolute Gasteiger partial charge is 0.299 e. The number of hydrogen-bond acceptors (Lipinski definition) is 4. The molecule has 2 aromatic heterocycles. The first-order chi connectivity index (χ1) is 14.1. The van der Waals surface area contributed by atoms with Gasteiger partial charge in [0.05, 0.1) is 16.7 Å². The van der Waals surface area contributed by atoms with Gasteiger partial charge in [0, 0.05) is 46.0 Å². The number of hydrogen-bond donors (Lipinski definition) is 0. The fourth-order valence-corrected chi connectivity index (χ4v) is 4.63. The van der Waals surface area contributed by atoms with E-state index >= 15 is 0 Å². The lowest BCUT2D eigenvalue weighted by Gasteiger charge is -2.30. The van der Waals surface area contributed by atoms with Gasteiger partial charge in [-0.2, -0.15) is 0 Å². The van der Waals surface area contributed by atoms with Crippen molar-refractivity contribution in [3.8, 4) is 0 Å². The summed E-state index contributed by atoms with van der Waals surface area (Å²) in [5.74, 6) is 0. The molecule has 0 spiro atoms. The van der Waals surface area contributed by atoms with Gasteiger partial charge in [-0.3, -0.25) is 23.9 Å². The van der Waals surface area contributed by atoms with Crippen LogP contribution >= 0.6 is 0 Å². The molecular formula is C23H31N5O. The molecule has 0 radical (unpaired) electrons. The lowest BCUT2D eigenvalue weighted by atomic mass is 10.1. The number of imidazole rings is 1. The van der Waals surface area contributed by atoms with Gasteiger partial charge < -0.3 is 0 Å². The van der Waals surface area contributed by atoms with Crippen LogP contribution in [0.15, 0.2) is 47.4 Å². The maximum atomic E-state index is 12.3. The van der Waals surface area contributed by atoms with Gasteiger partial charge in [0.1, 0.15) is 0 Å². The van der Waals surface area contributed by atoms with E-state index in [9.17, 15) is 4.79 Å². The maximum absolute atomic E-state index is 12.3. The maximum Gasteiger partial charge on any atom is 0.328 e. The number of likely N-dealkylation sites (tertiary alicyclic amines) is 1. The Morgan fingerprint density at radius 1 is 1.10 bits per heavy atom. The van der Waals surface area contributed by atoms with Crippen LogP contribution in [0.5, 0.6) is 0 Å². The van der Waals surface area contributed by atoms with E-state index in [2.05, 4.69) is 52.0 Å². The molecule has 1 saturated heterocycles. The van der Waals surface area contributed by atoms with Gasteiger partial charge in [0.15, 0.2) is 0 Å². The molecule has 3 heterocycles. The molecule has 3 aromatic rings. The van der Waals surface area contributed by atoms with Crippen molar-refractivity contribution in [2.75, 3.05) is 19.6 Å². The Labute approximate surface area is 172 Å². The highest BCUT2D eigenvalue weighted by molar-refractivity contribution is 5.76. The quantitative estimate of drug-likeness (QED) is 0.619. The van der Waals surface area contributed by atoms with Gasteiger partial charge in [-0.05, 0) is 55.8 Å². The van der Waals surface area contributed by atoms with E-state index in [4.69, 9.17) is 0 Å². The Bertz CT molecular complexity index is 1020. The zero-order chi connectivity index (χ0) is 20.4. The molecule has 0 aliphatic carbocycles. The van der Waals surface area contributed by atoms with Gasteiger partial charge >= 0.3 is 5.69 Å². The van der Waals surface area contributed by atoms with Crippen molar-refractivity contribution < 1.29 is 0 Å². The van der Waals surface area contributed by atoms with Crippen LogP contribution in [0.3, 0.4) is 0 Å². The Hall–Kier alpha value is -2.44. The molecule has 0 bridgehead atoms. The molecule has 154 valence electrons. The third-order valence-corrected chi connectivity index (χ3v) is 6.23. The third kappa shape index (κ3) is 4.14. The van der Waals surface area contributed by atoms with Crippen molar-refractivity contribution in [2.24, 2.45) is 14.1 Å². The number of pyridine rings is 1. The lowest BCUT2D eigenvalue weighted by molar-refractivity contribution is 0.165. The highest BCUT2D eigenvalue weighted by Crippen LogP contribution is 2.21. The van der Waals surface area contributed by atoms with Crippen LogP contribution in [0.4, 0.5) is 0 Å². The van der Waals surface area contributed by atoms with Crippen molar-refractivity contribution >= 4 is 11.0 Å². The Morgan fingerprint density at radius 2 is 1.93 bits per heavy atom. The Morgan fingerprint density at radius 3 is 2.69 bits per heavy atom. The van der Waals surface area contributed by atoms with E-state index in [1.54, 1.807) is 9.13 Å². The SMILES string of the molecule is CCN1CCCC1CN(Cc1ccc2c(c1)n(C)c(=O)n2C)Cc1ccccn1. The molecule has 29 heavy (non-hydrogen) atoms. The summed E-state index contributed by atoms with van der Waals surface area (Å²) in [6, 6.07) is 13.1. The molecule has 1 fully saturated rings. The summed E-state index contributed by atoms with van der Waals surface area (Å²) in [4.78, 5) is 21.9. The summed E-state index contributed by atoms with van der Waals surface area (Å²) in [7, 11) is 3.68. The van der Waals surface area contributed by atoms with Gasteiger partial charge in [-0.25, -0.2) is 4.79 Å². The van der Waals surface area contributed by atoms with E-state index in [0.717, 1.165) is 42.9 Å².